The highest BCUT2D eigenvalue weighted by Crippen LogP contribution is 2.11. The Bertz CT molecular complexity index is 593. The number of ether oxygens (including phenoxy) is 1. The molecule has 0 saturated heterocycles. The van der Waals surface area contributed by atoms with Crippen molar-refractivity contribution in [3.63, 3.8) is 0 Å². The van der Waals surface area contributed by atoms with Gasteiger partial charge in [-0.3, -0.25) is 4.98 Å². The van der Waals surface area contributed by atoms with Gasteiger partial charge in [0.1, 0.15) is 0 Å². The number of benzene rings is 1. The Kier molecular flexibility index (Phi) is 2.84. The minimum atomic E-state index is -0.548. The third-order valence-electron chi connectivity index (χ3n) is 2.08. The molecule has 1 aromatic carbocycles. The first-order chi connectivity index (χ1) is 7.79. The van der Waals surface area contributed by atoms with Crippen molar-refractivity contribution in [2.24, 2.45) is 0 Å². The third-order valence-corrected chi connectivity index (χ3v) is 2.08. The summed E-state index contributed by atoms with van der Waals surface area (Å²) in [5, 5.41) is 0.999. The zero-order valence-electron chi connectivity index (χ0n) is 8.73. The Morgan fingerprint density at radius 1 is 1.38 bits per heavy atom. The lowest BCUT2D eigenvalue weighted by Crippen LogP contribution is -1.94. The van der Waals surface area contributed by atoms with Crippen molar-refractivity contribution in [1.82, 2.24) is 4.98 Å². The minimum Gasteiger partial charge on any atom is -0.459 e. The molecule has 2 aromatic rings. The van der Waals surface area contributed by atoms with E-state index < -0.39 is 5.97 Å². The number of fused-ring (bicyclic) bond motifs is 1. The van der Waals surface area contributed by atoms with Gasteiger partial charge in [0.15, 0.2) is 0 Å². The van der Waals surface area contributed by atoms with Gasteiger partial charge in [-0.05, 0) is 12.1 Å². The van der Waals surface area contributed by atoms with Gasteiger partial charge < -0.3 is 4.74 Å². The van der Waals surface area contributed by atoms with Crippen LogP contribution in [0.1, 0.15) is 5.56 Å². The molecule has 0 saturated carbocycles. The van der Waals surface area contributed by atoms with Crippen molar-refractivity contribution in [3.05, 3.63) is 42.1 Å². The molecule has 0 aliphatic rings. The van der Waals surface area contributed by atoms with Crippen molar-refractivity contribution < 1.29 is 9.53 Å². The Balaban J connectivity index is 2.39. The van der Waals surface area contributed by atoms with Gasteiger partial charge in [-0.1, -0.05) is 24.1 Å². The summed E-state index contributed by atoms with van der Waals surface area (Å²) in [6.07, 6.45) is 1.64. The van der Waals surface area contributed by atoms with Crippen molar-refractivity contribution in [1.29, 1.82) is 0 Å². The standard InChI is InChI=1S/C13H9NO2/c1-16-13(15)7-6-10-8-11-4-2-3-5-12(11)14-9-10/h2-5,8-9H,1H3. The molecule has 0 amide bonds. The maximum Gasteiger partial charge on any atom is 0.384 e. The molecule has 2 rings (SSSR count). The summed E-state index contributed by atoms with van der Waals surface area (Å²) >= 11 is 0. The molecular formula is C13H9NO2. The summed E-state index contributed by atoms with van der Waals surface area (Å²) in [5.41, 5.74) is 1.61. The Morgan fingerprint density at radius 3 is 3.00 bits per heavy atom. The molecule has 3 nitrogen and oxygen atoms in total. The highest BCUT2D eigenvalue weighted by molar-refractivity contribution is 5.89. The molecule has 0 aliphatic heterocycles. The van der Waals surface area contributed by atoms with Crippen LogP contribution in [0.3, 0.4) is 0 Å². The highest BCUT2D eigenvalue weighted by atomic mass is 16.5. The molecule has 0 aliphatic carbocycles. The number of nitrogens with zero attached hydrogens (tertiary/aromatic N) is 1. The van der Waals surface area contributed by atoms with Gasteiger partial charge in [0.05, 0.1) is 12.6 Å². The van der Waals surface area contributed by atoms with Crippen LogP contribution in [0.25, 0.3) is 10.9 Å². The van der Waals surface area contributed by atoms with E-state index in [1.807, 2.05) is 30.3 Å². The molecule has 78 valence electrons. The van der Waals surface area contributed by atoms with Crippen LogP contribution in [0.5, 0.6) is 0 Å². The van der Waals surface area contributed by atoms with E-state index in [4.69, 9.17) is 0 Å². The molecule has 1 heterocycles. The van der Waals surface area contributed by atoms with Gasteiger partial charge >= 0.3 is 5.97 Å². The van der Waals surface area contributed by atoms with E-state index in [2.05, 4.69) is 21.6 Å². The third kappa shape index (κ3) is 2.18. The fourth-order valence-electron chi connectivity index (χ4n) is 1.31. The number of rotatable bonds is 0. The number of carbonyl (C=O) groups excluding carboxylic acids is 1. The summed E-state index contributed by atoms with van der Waals surface area (Å²) in [7, 11) is 1.30. The highest BCUT2D eigenvalue weighted by Gasteiger charge is 1.95. The van der Waals surface area contributed by atoms with E-state index in [0.29, 0.717) is 5.56 Å². The summed E-state index contributed by atoms with van der Waals surface area (Å²) < 4.78 is 4.43. The molecule has 0 unspecified atom stereocenters. The molecule has 0 bridgehead atoms. The van der Waals surface area contributed by atoms with Crippen LogP contribution in [-0.4, -0.2) is 18.1 Å². The first kappa shape index (κ1) is 10.2. The van der Waals surface area contributed by atoms with Crippen molar-refractivity contribution in [2.75, 3.05) is 7.11 Å². The van der Waals surface area contributed by atoms with Crippen LogP contribution in [0, 0.1) is 11.8 Å². The number of carbonyl (C=O) groups is 1. The topological polar surface area (TPSA) is 39.2 Å². The second-order valence-electron chi connectivity index (χ2n) is 3.16. The summed E-state index contributed by atoms with van der Waals surface area (Å²) in [5.74, 6) is 4.51. The maximum absolute atomic E-state index is 10.8. The minimum absolute atomic E-state index is 0.548. The molecular weight excluding hydrogens is 202 g/mol. The van der Waals surface area contributed by atoms with E-state index in [-0.39, 0.29) is 0 Å². The first-order valence-electron chi connectivity index (χ1n) is 4.74. The summed E-state index contributed by atoms with van der Waals surface area (Å²) in [4.78, 5) is 15.1. The molecule has 1 aromatic heterocycles. The molecule has 0 N–H and O–H groups in total. The predicted molar refractivity (Wildman–Crippen MR) is 60.6 cm³/mol. The molecule has 0 spiro atoms. The number of hydrogen-bond donors (Lipinski definition) is 0. The monoisotopic (exact) mass is 211 g/mol. The van der Waals surface area contributed by atoms with Gasteiger partial charge in [-0.15, -0.1) is 0 Å². The van der Waals surface area contributed by atoms with E-state index in [1.54, 1.807) is 6.20 Å². The van der Waals surface area contributed by atoms with Crippen molar-refractivity contribution >= 4 is 16.9 Å². The second-order valence-corrected chi connectivity index (χ2v) is 3.16. The summed E-state index contributed by atoms with van der Waals surface area (Å²) in [6, 6.07) is 9.62. The number of pyridine rings is 1. The lowest BCUT2D eigenvalue weighted by atomic mass is 10.2. The van der Waals surface area contributed by atoms with Gasteiger partial charge in [0.25, 0.3) is 0 Å². The van der Waals surface area contributed by atoms with Gasteiger partial charge in [0, 0.05) is 23.1 Å². The van der Waals surface area contributed by atoms with Crippen LogP contribution in [0.2, 0.25) is 0 Å². The second kappa shape index (κ2) is 4.45. The van der Waals surface area contributed by atoms with E-state index in [0.717, 1.165) is 10.9 Å². The average Bonchev–Trinajstić information content (AvgIpc) is 2.35. The molecule has 0 atom stereocenters. The van der Waals surface area contributed by atoms with Crippen molar-refractivity contribution in [2.45, 2.75) is 0 Å². The zero-order chi connectivity index (χ0) is 11.4. The molecule has 0 radical (unpaired) electrons. The number of esters is 1. The van der Waals surface area contributed by atoms with Crippen LogP contribution in [0.15, 0.2) is 36.5 Å². The van der Waals surface area contributed by atoms with Crippen molar-refractivity contribution in [3.8, 4) is 11.8 Å². The maximum atomic E-state index is 10.8. The summed E-state index contributed by atoms with van der Waals surface area (Å²) in [6.45, 7) is 0. The first-order valence-corrected chi connectivity index (χ1v) is 4.74. The van der Waals surface area contributed by atoms with Crippen LogP contribution in [-0.2, 0) is 9.53 Å². The van der Waals surface area contributed by atoms with E-state index in [9.17, 15) is 4.79 Å². The Morgan fingerprint density at radius 2 is 2.19 bits per heavy atom. The van der Waals surface area contributed by atoms with Gasteiger partial charge in [-0.25, -0.2) is 4.79 Å². The van der Waals surface area contributed by atoms with Gasteiger partial charge in [-0.2, -0.15) is 0 Å². The van der Waals surface area contributed by atoms with Gasteiger partial charge in [0.2, 0.25) is 0 Å². The number of methoxy groups -OCH3 is 1. The SMILES string of the molecule is COC(=O)C#Cc1cnc2ccccc2c1. The molecule has 16 heavy (non-hydrogen) atoms. The largest absolute Gasteiger partial charge is 0.459 e. The number of aromatic nitrogens is 1. The van der Waals surface area contributed by atoms with Crippen LogP contribution in [0.4, 0.5) is 0 Å². The average molecular weight is 211 g/mol. The van der Waals surface area contributed by atoms with Crippen LogP contribution < -0.4 is 0 Å². The fourth-order valence-corrected chi connectivity index (χ4v) is 1.31. The van der Waals surface area contributed by atoms with Crippen LogP contribution >= 0.6 is 0 Å². The lowest BCUT2D eigenvalue weighted by Gasteiger charge is -1.96. The smallest absolute Gasteiger partial charge is 0.384 e. The van der Waals surface area contributed by atoms with E-state index in [1.165, 1.54) is 7.11 Å². The fraction of sp³-hybridized carbons (Fsp3) is 0.0769. The lowest BCUT2D eigenvalue weighted by molar-refractivity contribution is -0.133. The quantitative estimate of drug-likeness (QED) is 0.492. The number of para-hydroxylation sites is 1. The predicted octanol–water partition coefficient (Wildman–Crippen LogP) is 1.76. The molecule has 0 fully saturated rings. The molecule has 3 heteroatoms. The Hall–Kier alpha value is -2.34. The van der Waals surface area contributed by atoms with E-state index >= 15 is 0 Å². The normalized spacial score (nSPS) is 9.31. The Labute approximate surface area is 93.1 Å². The zero-order valence-corrected chi connectivity index (χ0v) is 8.73. The number of hydrogen-bond acceptors (Lipinski definition) is 3.